The molecule has 7 heteroatoms. The molecule has 3 aromatic rings. The van der Waals surface area contributed by atoms with Crippen molar-refractivity contribution in [2.45, 2.75) is 26.7 Å². The van der Waals surface area contributed by atoms with Gasteiger partial charge in [-0.25, -0.2) is 0 Å². The largest absolute Gasteiger partial charge is 0.482 e. The Morgan fingerprint density at radius 1 is 1.13 bits per heavy atom. The van der Waals surface area contributed by atoms with Crippen molar-refractivity contribution >= 4 is 34.2 Å². The van der Waals surface area contributed by atoms with Crippen molar-refractivity contribution in [2.24, 2.45) is 0 Å². The van der Waals surface area contributed by atoms with Crippen LogP contribution >= 0.6 is 0 Å². The van der Waals surface area contributed by atoms with Crippen LogP contribution in [0.25, 0.3) is 11.0 Å². The van der Waals surface area contributed by atoms with Crippen molar-refractivity contribution in [2.75, 3.05) is 23.4 Å². The zero-order chi connectivity index (χ0) is 21.3. The molecule has 0 radical (unpaired) electrons. The van der Waals surface area contributed by atoms with Crippen molar-refractivity contribution in [3.8, 4) is 5.75 Å². The van der Waals surface area contributed by atoms with Crippen molar-refractivity contribution in [1.82, 2.24) is 0 Å². The molecule has 0 unspecified atom stereocenters. The molecule has 0 aliphatic carbocycles. The first-order chi connectivity index (χ1) is 14.5. The Labute approximate surface area is 173 Å². The minimum Gasteiger partial charge on any atom is -0.482 e. The van der Waals surface area contributed by atoms with Crippen LogP contribution in [0.3, 0.4) is 0 Å². The molecule has 2 amide bonds. The average Bonchev–Trinajstić information content (AvgIpc) is 2.73. The summed E-state index contributed by atoms with van der Waals surface area (Å²) >= 11 is 0. The number of amides is 2. The highest BCUT2D eigenvalue weighted by atomic mass is 16.5. The Balaban J connectivity index is 1.62. The van der Waals surface area contributed by atoms with Crippen molar-refractivity contribution in [3.63, 3.8) is 0 Å². The van der Waals surface area contributed by atoms with Gasteiger partial charge in [-0.3, -0.25) is 14.4 Å². The van der Waals surface area contributed by atoms with Gasteiger partial charge in [0.1, 0.15) is 11.3 Å². The molecule has 0 saturated heterocycles. The van der Waals surface area contributed by atoms with Gasteiger partial charge in [-0.2, -0.15) is 0 Å². The molecule has 1 aliphatic heterocycles. The molecule has 1 aliphatic rings. The SMILES string of the molecule is CCCCN1C(=O)COc2ccc(NC(=O)c3cc(=O)c4cc(C)ccc4o3)cc21. The fourth-order valence-electron chi connectivity index (χ4n) is 3.42. The molecule has 154 valence electrons. The summed E-state index contributed by atoms with van der Waals surface area (Å²) in [5.41, 5.74) is 2.11. The second-order valence-corrected chi connectivity index (χ2v) is 7.30. The lowest BCUT2D eigenvalue weighted by Gasteiger charge is -2.29. The summed E-state index contributed by atoms with van der Waals surface area (Å²) in [6, 6.07) is 11.5. The summed E-state index contributed by atoms with van der Waals surface area (Å²) in [6.45, 7) is 4.53. The third kappa shape index (κ3) is 3.78. The Hall–Kier alpha value is -3.61. The summed E-state index contributed by atoms with van der Waals surface area (Å²) < 4.78 is 11.1. The zero-order valence-electron chi connectivity index (χ0n) is 16.9. The van der Waals surface area contributed by atoms with Crippen LogP contribution in [0, 0.1) is 6.92 Å². The molecule has 30 heavy (non-hydrogen) atoms. The molecule has 2 aromatic carbocycles. The average molecular weight is 406 g/mol. The van der Waals surface area contributed by atoms with Crippen molar-refractivity contribution in [3.05, 3.63) is 64.0 Å². The number of nitrogens with zero attached hydrogens (tertiary/aromatic N) is 1. The van der Waals surface area contributed by atoms with Crippen LogP contribution in [0.1, 0.15) is 35.9 Å². The van der Waals surface area contributed by atoms with E-state index in [9.17, 15) is 14.4 Å². The molecular formula is C23H22N2O5. The number of ether oxygens (including phenoxy) is 1. The molecule has 0 spiro atoms. The Morgan fingerprint density at radius 2 is 1.97 bits per heavy atom. The molecule has 0 atom stereocenters. The summed E-state index contributed by atoms with van der Waals surface area (Å²) in [5.74, 6) is -0.145. The van der Waals surface area contributed by atoms with Crippen LogP contribution in [-0.2, 0) is 4.79 Å². The lowest BCUT2D eigenvalue weighted by atomic mass is 10.1. The fraction of sp³-hybridized carbons (Fsp3) is 0.261. The minimum atomic E-state index is -0.544. The van der Waals surface area contributed by atoms with E-state index < -0.39 is 5.91 Å². The van der Waals surface area contributed by atoms with Crippen LogP contribution in [-0.4, -0.2) is 25.0 Å². The molecule has 1 aromatic heterocycles. The lowest BCUT2D eigenvalue weighted by molar-refractivity contribution is -0.121. The number of aryl methyl sites for hydroxylation is 1. The molecule has 1 N–H and O–H groups in total. The summed E-state index contributed by atoms with van der Waals surface area (Å²) in [7, 11) is 0. The van der Waals surface area contributed by atoms with Crippen LogP contribution in [0.15, 0.2) is 51.7 Å². The predicted molar refractivity (Wildman–Crippen MR) is 114 cm³/mol. The first-order valence-electron chi connectivity index (χ1n) is 9.89. The number of hydrogen-bond acceptors (Lipinski definition) is 5. The molecule has 0 fully saturated rings. The normalized spacial score (nSPS) is 13.1. The van der Waals surface area contributed by atoms with Gasteiger partial charge in [0.05, 0.1) is 11.1 Å². The highest BCUT2D eigenvalue weighted by Gasteiger charge is 2.25. The third-order valence-electron chi connectivity index (χ3n) is 5.00. The van der Waals surface area contributed by atoms with E-state index in [4.69, 9.17) is 9.15 Å². The van der Waals surface area contributed by atoms with Gasteiger partial charge in [-0.05, 0) is 43.7 Å². The molecule has 0 bridgehead atoms. The van der Waals surface area contributed by atoms with Crippen LogP contribution in [0.5, 0.6) is 5.75 Å². The van der Waals surface area contributed by atoms with E-state index in [-0.39, 0.29) is 23.7 Å². The van der Waals surface area contributed by atoms with Gasteiger partial charge in [-0.15, -0.1) is 0 Å². The van der Waals surface area contributed by atoms with E-state index in [1.165, 1.54) is 6.07 Å². The monoisotopic (exact) mass is 406 g/mol. The van der Waals surface area contributed by atoms with Gasteiger partial charge >= 0.3 is 0 Å². The first-order valence-corrected chi connectivity index (χ1v) is 9.89. The number of fused-ring (bicyclic) bond motifs is 2. The number of anilines is 2. The second kappa shape index (κ2) is 8.02. The van der Waals surface area contributed by atoms with E-state index in [1.54, 1.807) is 35.2 Å². The maximum absolute atomic E-state index is 12.7. The Morgan fingerprint density at radius 3 is 2.77 bits per heavy atom. The number of carbonyl (C=O) groups excluding carboxylic acids is 2. The van der Waals surface area contributed by atoms with Crippen molar-refractivity contribution < 1.29 is 18.7 Å². The van der Waals surface area contributed by atoms with Gasteiger partial charge in [-0.1, -0.05) is 25.0 Å². The lowest BCUT2D eigenvalue weighted by Crippen LogP contribution is -2.39. The standard InChI is InChI=1S/C23H22N2O5/c1-3-4-9-25-17-11-15(6-8-20(17)29-13-22(25)27)24-23(28)21-12-18(26)16-10-14(2)5-7-19(16)30-21/h5-8,10-12H,3-4,9,13H2,1-2H3,(H,24,28). The number of rotatable bonds is 5. The van der Waals surface area contributed by atoms with Gasteiger partial charge < -0.3 is 19.4 Å². The highest BCUT2D eigenvalue weighted by Crippen LogP contribution is 2.35. The molecule has 2 heterocycles. The highest BCUT2D eigenvalue weighted by molar-refractivity contribution is 6.04. The second-order valence-electron chi connectivity index (χ2n) is 7.30. The minimum absolute atomic E-state index is 0.00411. The van der Waals surface area contributed by atoms with Gasteiger partial charge in [0.25, 0.3) is 11.8 Å². The van der Waals surface area contributed by atoms with E-state index in [1.807, 2.05) is 13.0 Å². The molecule has 4 rings (SSSR count). The Bertz CT molecular complexity index is 1200. The predicted octanol–water partition coefficient (Wildman–Crippen LogP) is 3.88. The topological polar surface area (TPSA) is 88.9 Å². The molecular weight excluding hydrogens is 384 g/mol. The quantitative estimate of drug-likeness (QED) is 0.695. The number of nitrogens with one attached hydrogen (secondary N) is 1. The number of hydrogen-bond donors (Lipinski definition) is 1. The smallest absolute Gasteiger partial charge is 0.291 e. The van der Waals surface area contributed by atoms with Gasteiger partial charge in [0.15, 0.2) is 17.8 Å². The van der Waals surface area contributed by atoms with Gasteiger partial charge in [0, 0.05) is 18.3 Å². The Kier molecular flexibility index (Phi) is 5.27. The van der Waals surface area contributed by atoms with E-state index >= 15 is 0 Å². The van der Waals surface area contributed by atoms with Gasteiger partial charge in [0.2, 0.25) is 0 Å². The summed E-state index contributed by atoms with van der Waals surface area (Å²) in [5, 5.41) is 3.17. The first kappa shape index (κ1) is 19.7. The summed E-state index contributed by atoms with van der Waals surface area (Å²) in [6.07, 6.45) is 1.82. The van der Waals surface area contributed by atoms with Crippen LogP contribution in [0.4, 0.5) is 11.4 Å². The maximum Gasteiger partial charge on any atom is 0.291 e. The maximum atomic E-state index is 12.7. The fourth-order valence-corrected chi connectivity index (χ4v) is 3.42. The zero-order valence-corrected chi connectivity index (χ0v) is 16.9. The number of unbranched alkanes of at least 4 members (excludes halogenated alkanes) is 1. The number of carbonyl (C=O) groups is 2. The third-order valence-corrected chi connectivity index (χ3v) is 5.00. The number of benzene rings is 2. The van der Waals surface area contributed by atoms with E-state index in [2.05, 4.69) is 12.2 Å². The molecule has 7 nitrogen and oxygen atoms in total. The van der Waals surface area contributed by atoms with Crippen LogP contribution < -0.4 is 20.4 Å². The van der Waals surface area contributed by atoms with E-state index in [0.717, 1.165) is 18.4 Å². The van der Waals surface area contributed by atoms with Crippen molar-refractivity contribution in [1.29, 1.82) is 0 Å². The van der Waals surface area contributed by atoms with Crippen LogP contribution in [0.2, 0.25) is 0 Å². The molecule has 0 saturated carbocycles. The summed E-state index contributed by atoms with van der Waals surface area (Å²) in [4.78, 5) is 39.0. The van der Waals surface area contributed by atoms with E-state index in [0.29, 0.717) is 34.6 Å².